The van der Waals surface area contributed by atoms with Gasteiger partial charge in [-0.3, -0.25) is 10.1 Å². The number of amides is 1. The first-order chi connectivity index (χ1) is 12.1. The van der Waals surface area contributed by atoms with Gasteiger partial charge in [0.1, 0.15) is 11.5 Å². The highest BCUT2D eigenvalue weighted by Gasteiger charge is 2.18. The number of nitrogens with zero attached hydrogens (tertiary/aromatic N) is 2. The number of anilines is 1. The van der Waals surface area contributed by atoms with E-state index in [1.165, 1.54) is 0 Å². The largest absolute Gasteiger partial charge is 0.497 e. The van der Waals surface area contributed by atoms with Crippen LogP contribution in [0, 0.1) is 0 Å². The van der Waals surface area contributed by atoms with E-state index in [4.69, 9.17) is 9.47 Å². The van der Waals surface area contributed by atoms with Crippen LogP contribution in [0.2, 0.25) is 0 Å². The maximum Gasteiger partial charge on any atom is 0.267 e. The zero-order chi connectivity index (χ0) is 17.8. The number of fused-ring (bicyclic) bond motifs is 1. The van der Waals surface area contributed by atoms with Crippen molar-refractivity contribution in [1.29, 1.82) is 0 Å². The fourth-order valence-corrected chi connectivity index (χ4v) is 2.61. The first-order valence-electron chi connectivity index (χ1n) is 8.19. The molecule has 1 aromatic heterocycles. The molecule has 0 aliphatic carbocycles. The smallest absolute Gasteiger partial charge is 0.267 e. The van der Waals surface area contributed by atoms with Crippen molar-refractivity contribution in [3.63, 3.8) is 0 Å². The molecular weight excluding hydrogens is 318 g/mol. The summed E-state index contributed by atoms with van der Waals surface area (Å²) in [5, 5.41) is 2.86. The Morgan fingerprint density at radius 2 is 1.84 bits per heavy atom. The molecule has 0 aliphatic rings. The van der Waals surface area contributed by atoms with Crippen LogP contribution in [0.5, 0.6) is 11.5 Å². The van der Waals surface area contributed by atoms with Crippen LogP contribution in [-0.4, -0.2) is 28.7 Å². The minimum Gasteiger partial charge on any atom is -0.497 e. The average molecular weight is 339 g/mol. The molecule has 1 unspecified atom stereocenters. The van der Waals surface area contributed by atoms with Crippen molar-refractivity contribution in [3.8, 4) is 11.5 Å². The Hall–Kier alpha value is -3.02. The van der Waals surface area contributed by atoms with Crippen molar-refractivity contribution in [2.24, 2.45) is 0 Å². The van der Waals surface area contributed by atoms with Crippen LogP contribution in [0.15, 0.2) is 48.5 Å². The molecular formula is C19H21N3O3. The summed E-state index contributed by atoms with van der Waals surface area (Å²) in [6, 6.07) is 14.9. The van der Waals surface area contributed by atoms with Gasteiger partial charge in [0, 0.05) is 6.54 Å². The second kappa shape index (κ2) is 7.25. The van der Waals surface area contributed by atoms with Gasteiger partial charge < -0.3 is 14.0 Å². The van der Waals surface area contributed by atoms with Crippen LogP contribution >= 0.6 is 0 Å². The number of carbonyl (C=O) groups excluding carboxylic acids is 1. The van der Waals surface area contributed by atoms with Crippen LogP contribution < -0.4 is 14.8 Å². The number of nitrogens with one attached hydrogen (secondary N) is 1. The number of rotatable bonds is 6. The molecule has 3 rings (SSSR count). The third-order valence-corrected chi connectivity index (χ3v) is 3.95. The number of hydrogen-bond donors (Lipinski definition) is 1. The normalized spacial score (nSPS) is 12.0. The quantitative estimate of drug-likeness (QED) is 0.747. The molecule has 3 aromatic rings. The predicted octanol–water partition coefficient (Wildman–Crippen LogP) is 3.47. The fourth-order valence-electron chi connectivity index (χ4n) is 2.61. The van der Waals surface area contributed by atoms with Gasteiger partial charge in [0.2, 0.25) is 5.95 Å². The predicted molar refractivity (Wildman–Crippen MR) is 97.1 cm³/mol. The molecule has 0 saturated heterocycles. The summed E-state index contributed by atoms with van der Waals surface area (Å²) >= 11 is 0. The lowest BCUT2D eigenvalue weighted by atomic mass is 10.3. The average Bonchev–Trinajstić information content (AvgIpc) is 2.99. The van der Waals surface area contributed by atoms with Gasteiger partial charge in [-0.25, -0.2) is 4.98 Å². The highest BCUT2D eigenvalue weighted by Crippen LogP contribution is 2.21. The summed E-state index contributed by atoms with van der Waals surface area (Å²) in [6.07, 6.45) is -0.654. The number of imidazole rings is 1. The van der Waals surface area contributed by atoms with Gasteiger partial charge in [-0.1, -0.05) is 12.1 Å². The van der Waals surface area contributed by atoms with Crippen molar-refractivity contribution in [3.05, 3.63) is 48.5 Å². The zero-order valence-electron chi connectivity index (χ0n) is 14.5. The van der Waals surface area contributed by atoms with E-state index in [0.29, 0.717) is 18.2 Å². The number of para-hydroxylation sites is 2. The molecule has 1 atom stereocenters. The third-order valence-electron chi connectivity index (χ3n) is 3.95. The van der Waals surface area contributed by atoms with Crippen LogP contribution in [0.1, 0.15) is 13.8 Å². The van der Waals surface area contributed by atoms with Crippen molar-refractivity contribution in [2.45, 2.75) is 26.5 Å². The molecule has 6 nitrogen and oxygen atoms in total. The van der Waals surface area contributed by atoms with Gasteiger partial charge in [0.15, 0.2) is 6.10 Å². The lowest BCUT2D eigenvalue weighted by Crippen LogP contribution is -2.31. The Bertz CT molecular complexity index is 871. The number of ether oxygens (including phenoxy) is 2. The minimum absolute atomic E-state index is 0.249. The summed E-state index contributed by atoms with van der Waals surface area (Å²) in [5.41, 5.74) is 1.84. The molecule has 1 heterocycles. The molecule has 0 spiro atoms. The Morgan fingerprint density at radius 3 is 2.52 bits per heavy atom. The maximum atomic E-state index is 12.5. The molecule has 0 bridgehead atoms. The van der Waals surface area contributed by atoms with Crippen LogP contribution in [0.25, 0.3) is 11.0 Å². The SMILES string of the molecule is CCn1c(NC(=O)C(C)Oc2ccc(OC)cc2)nc2ccccc21. The zero-order valence-corrected chi connectivity index (χ0v) is 14.5. The number of aryl methyl sites for hydroxylation is 1. The molecule has 1 amide bonds. The van der Waals surface area contributed by atoms with Gasteiger partial charge in [0.25, 0.3) is 5.91 Å². The number of hydrogen-bond acceptors (Lipinski definition) is 4. The third kappa shape index (κ3) is 3.57. The second-order valence-electron chi connectivity index (χ2n) is 5.59. The highest BCUT2D eigenvalue weighted by atomic mass is 16.5. The van der Waals surface area contributed by atoms with E-state index in [9.17, 15) is 4.79 Å². The van der Waals surface area contributed by atoms with E-state index in [0.717, 1.165) is 16.8 Å². The molecule has 2 aromatic carbocycles. The maximum absolute atomic E-state index is 12.5. The molecule has 0 aliphatic heterocycles. The van der Waals surface area contributed by atoms with Gasteiger partial charge in [-0.15, -0.1) is 0 Å². The molecule has 0 saturated carbocycles. The number of aromatic nitrogens is 2. The van der Waals surface area contributed by atoms with E-state index >= 15 is 0 Å². The van der Waals surface area contributed by atoms with E-state index in [-0.39, 0.29) is 5.91 Å². The van der Waals surface area contributed by atoms with E-state index < -0.39 is 6.10 Å². The van der Waals surface area contributed by atoms with Gasteiger partial charge >= 0.3 is 0 Å². The van der Waals surface area contributed by atoms with Gasteiger partial charge in [-0.2, -0.15) is 0 Å². The standard InChI is InChI=1S/C19H21N3O3/c1-4-22-17-8-6-5-7-16(17)20-19(22)21-18(23)13(2)25-15-11-9-14(24-3)10-12-15/h5-13H,4H2,1-3H3,(H,20,21,23). The second-order valence-corrected chi connectivity index (χ2v) is 5.59. The molecule has 130 valence electrons. The van der Waals surface area contributed by atoms with Crippen molar-refractivity contribution < 1.29 is 14.3 Å². The summed E-state index contributed by atoms with van der Waals surface area (Å²) < 4.78 is 12.8. The van der Waals surface area contributed by atoms with Gasteiger partial charge in [0.05, 0.1) is 18.1 Å². The molecule has 1 N–H and O–H groups in total. The van der Waals surface area contributed by atoms with Gasteiger partial charge in [-0.05, 0) is 50.2 Å². The van der Waals surface area contributed by atoms with E-state index in [1.54, 1.807) is 38.3 Å². The first kappa shape index (κ1) is 16.8. The van der Waals surface area contributed by atoms with E-state index in [1.807, 2.05) is 35.8 Å². The van der Waals surface area contributed by atoms with Crippen molar-refractivity contribution in [1.82, 2.24) is 9.55 Å². The Kier molecular flexibility index (Phi) is 4.88. The summed E-state index contributed by atoms with van der Waals surface area (Å²) in [6.45, 7) is 4.43. The number of carbonyl (C=O) groups is 1. The summed E-state index contributed by atoms with van der Waals surface area (Å²) in [5.74, 6) is 1.62. The van der Waals surface area contributed by atoms with Crippen molar-refractivity contribution >= 4 is 22.9 Å². The monoisotopic (exact) mass is 339 g/mol. The minimum atomic E-state index is -0.654. The Labute approximate surface area is 146 Å². The number of benzene rings is 2. The fraction of sp³-hybridized carbons (Fsp3) is 0.263. The Balaban J connectivity index is 1.72. The molecule has 25 heavy (non-hydrogen) atoms. The van der Waals surface area contributed by atoms with Crippen LogP contribution in [0.4, 0.5) is 5.95 Å². The number of methoxy groups -OCH3 is 1. The van der Waals surface area contributed by atoms with Crippen molar-refractivity contribution in [2.75, 3.05) is 12.4 Å². The topological polar surface area (TPSA) is 65.4 Å². The molecule has 0 fully saturated rings. The van der Waals surface area contributed by atoms with Crippen LogP contribution in [0.3, 0.4) is 0 Å². The summed E-state index contributed by atoms with van der Waals surface area (Å²) in [7, 11) is 1.60. The molecule has 6 heteroatoms. The highest BCUT2D eigenvalue weighted by molar-refractivity contribution is 5.94. The molecule has 0 radical (unpaired) electrons. The Morgan fingerprint density at radius 1 is 1.16 bits per heavy atom. The summed E-state index contributed by atoms with van der Waals surface area (Å²) in [4.78, 5) is 17.0. The lowest BCUT2D eigenvalue weighted by Gasteiger charge is -2.15. The van der Waals surface area contributed by atoms with Crippen LogP contribution in [-0.2, 0) is 11.3 Å². The first-order valence-corrected chi connectivity index (χ1v) is 8.19. The van der Waals surface area contributed by atoms with E-state index in [2.05, 4.69) is 10.3 Å². The lowest BCUT2D eigenvalue weighted by molar-refractivity contribution is -0.122.